The second kappa shape index (κ2) is 7.43. The molecule has 6 heteroatoms. The van der Waals surface area contributed by atoms with Gasteiger partial charge in [-0.05, 0) is 42.5 Å². The molecular formula is C24H26N2O4. The predicted octanol–water partition coefficient (Wildman–Crippen LogP) is 3.23. The number of nitrogens with zero attached hydrogens (tertiary/aromatic N) is 2. The standard InChI is InChI=1S/C24H26N2O4/c1-2-4-16-10-23(29)30-24-18(16)7-8-21(27)19(24)14-25-11-15-9-17(13-25)20-5-3-6-22(28)26(20)12-15/h3,5-8,10,15,17,27H,2,4,9,11-14H2,1H3. The Morgan fingerprint density at radius 3 is 2.83 bits per heavy atom. The number of hydrogen-bond donors (Lipinski definition) is 1. The zero-order chi connectivity index (χ0) is 20.8. The van der Waals surface area contributed by atoms with E-state index in [-0.39, 0.29) is 16.9 Å². The summed E-state index contributed by atoms with van der Waals surface area (Å²) in [5.74, 6) is 0.856. The molecular weight excluding hydrogens is 380 g/mol. The monoisotopic (exact) mass is 406 g/mol. The molecule has 0 aliphatic carbocycles. The van der Waals surface area contributed by atoms with E-state index in [1.54, 1.807) is 18.2 Å². The molecule has 0 amide bonds. The van der Waals surface area contributed by atoms with Crippen LogP contribution in [0.4, 0.5) is 0 Å². The van der Waals surface area contributed by atoms with Gasteiger partial charge < -0.3 is 14.1 Å². The van der Waals surface area contributed by atoms with Gasteiger partial charge in [-0.15, -0.1) is 0 Å². The number of rotatable bonds is 4. The smallest absolute Gasteiger partial charge is 0.336 e. The molecule has 6 nitrogen and oxygen atoms in total. The lowest BCUT2D eigenvalue weighted by molar-refractivity contribution is 0.113. The van der Waals surface area contributed by atoms with Crippen molar-refractivity contribution >= 4 is 11.0 Å². The highest BCUT2D eigenvalue weighted by Crippen LogP contribution is 2.37. The van der Waals surface area contributed by atoms with E-state index in [1.165, 1.54) is 0 Å². The fourth-order valence-corrected chi connectivity index (χ4v) is 5.31. The van der Waals surface area contributed by atoms with Crippen LogP contribution in [0.3, 0.4) is 0 Å². The van der Waals surface area contributed by atoms with Crippen molar-refractivity contribution in [2.45, 2.75) is 45.2 Å². The molecule has 2 aliphatic heterocycles. The van der Waals surface area contributed by atoms with Crippen LogP contribution in [0.2, 0.25) is 0 Å². The van der Waals surface area contributed by atoms with Gasteiger partial charge in [0.05, 0.1) is 5.56 Å². The zero-order valence-electron chi connectivity index (χ0n) is 17.1. The van der Waals surface area contributed by atoms with Gasteiger partial charge in [-0.1, -0.05) is 19.4 Å². The number of aromatic hydroxyl groups is 1. The Hall–Kier alpha value is -2.86. The Morgan fingerprint density at radius 2 is 2.00 bits per heavy atom. The molecule has 1 fully saturated rings. The summed E-state index contributed by atoms with van der Waals surface area (Å²) in [5, 5.41) is 11.5. The molecule has 2 aromatic heterocycles. The van der Waals surface area contributed by atoms with Crippen LogP contribution in [-0.4, -0.2) is 27.7 Å². The molecule has 2 unspecified atom stereocenters. The maximum atomic E-state index is 12.2. The molecule has 30 heavy (non-hydrogen) atoms. The average Bonchev–Trinajstić information content (AvgIpc) is 2.71. The molecule has 4 heterocycles. The van der Waals surface area contributed by atoms with Gasteiger partial charge in [0.2, 0.25) is 0 Å². The summed E-state index contributed by atoms with van der Waals surface area (Å²) in [6, 6.07) is 10.6. The molecule has 2 bridgehead atoms. The van der Waals surface area contributed by atoms with Crippen LogP contribution in [0, 0.1) is 5.92 Å². The topological polar surface area (TPSA) is 75.7 Å². The third-order valence-corrected chi connectivity index (χ3v) is 6.53. The van der Waals surface area contributed by atoms with E-state index in [9.17, 15) is 14.7 Å². The van der Waals surface area contributed by atoms with Crippen molar-refractivity contribution in [2.24, 2.45) is 5.92 Å². The number of pyridine rings is 1. The van der Waals surface area contributed by atoms with Gasteiger partial charge in [0.25, 0.3) is 5.56 Å². The van der Waals surface area contributed by atoms with Gasteiger partial charge in [0, 0.05) is 55.3 Å². The van der Waals surface area contributed by atoms with Gasteiger partial charge in [-0.2, -0.15) is 0 Å². The second-order valence-corrected chi connectivity index (χ2v) is 8.67. The minimum absolute atomic E-state index is 0.0765. The van der Waals surface area contributed by atoms with Crippen LogP contribution in [0.1, 0.15) is 42.5 Å². The fraction of sp³-hybridized carbons (Fsp3) is 0.417. The molecule has 156 valence electrons. The first-order valence-corrected chi connectivity index (χ1v) is 10.7. The van der Waals surface area contributed by atoms with E-state index in [1.807, 2.05) is 16.7 Å². The van der Waals surface area contributed by atoms with Crippen LogP contribution >= 0.6 is 0 Å². The number of fused-ring (bicyclic) bond motifs is 5. The first-order chi connectivity index (χ1) is 14.5. The van der Waals surface area contributed by atoms with Crippen LogP contribution < -0.4 is 11.2 Å². The summed E-state index contributed by atoms with van der Waals surface area (Å²) in [6.45, 7) is 5.00. The first kappa shape index (κ1) is 19.1. The molecule has 0 radical (unpaired) electrons. The minimum Gasteiger partial charge on any atom is -0.507 e. The number of phenolic OH excluding ortho intramolecular Hbond substituents is 1. The SMILES string of the molecule is CCCc1cc(=O)oc2c(CN3CC4CC(C3)c3cccc(=O)n3C4)c(O)ccc12. The molecule has 3 aromatic rings. The Morgan fingerprint density at radius 1 is 1.13 bits per heavy atom. The first-order valence-electron chi connectivity index (χ1n) is 10.7. The number of benzene rings is 1. The Kier molecular flexibility index (Phi) is 4.74. The molecule has 1 N–H and O–H groups in total. The van der Waals surface area contributed by atoms with E-state index in [4.69, 9.17) is 4.42 Å². The summed E-state index contributed by atoms with van der Waals surface area (Å²) in [4.78, 5) is 26.7. The zero-order valence-corrected chi connectivity index (χ0v) is 17.1. The lowest BCUT2D eigenvalue weighted by Gasteiger charge is -2.42. The normalized spacial score (nSPS) is 21.0. The summed E-state index contributed by atoms with van der Waals surface area (Å²) in [6.07, 6.45) is 2.81. The van der Waals surface area contributed by atoms with E-state index in [0.29, 0.717) is 29.5 Å². The predicted molar refractivity (Wildman–Crippen MR) is 115 cm³/mol. The summed E-state index contributed by atoms with van der Waals surface area (Å²) in [5.41, 5.74) is 2.94. The van der Waals surface area contributed by atoms with E-state index >= 15 is 0 Å². The Balaban J connectivity index is 1.50. The van der Waals surface area contributed by atoms with Gasteiger partial charge >= 0.3 is 5.63 Å². The average molecular weight is 406 g/mol. The summed E-state index contributed by atoms with van der Waals surface area (Å²) < 4.78 is 7.50. The fourth-order valence-electron chi connectivity index (χ4n) is 5.31. The maximum absolute atomic E-state index is 12.2. The largest absolute Gasteiger partial charge is 0.507 e. The van der Waals surface area contributed by atoms with Crippen molar-refractivity contribution in [2.75, 3.05) is 13.1 Å². The molecule has 1 aromatic carbocycles. The molecule has 2 atom stereocenters. The molecule has 0 saturated carbocycles. The number of piperidine rings is 1. The highest BCUT2D eigenvalue weighted by molar-refractivity contribution is 5.85. The van der Waals surface area contributed by atoms with Crippen LogP contribution in [-0.2, 0) is 19.5 Å². The lowest BCUT2D eigenvalue weighted by Crippen LogP contribution is -2.46. The van der Waals surface area contributed by atoms with Crippen molar-refractivity contribution < 1.29 is 9.52 Å². The number of phenols is 1. The van der Waals surface area contributed by atoms with Gasteiger partial charge in [-0.3, -0.25) is 9.69 Å². The number of hydrogen-bond acceptors (Lipinski definition) is 5. The Bertz CT molecular complexity index is 1230. The van der Waals surface area contributed by atoms with Gasteiger partial charge in [-0.25, -0.2) is 4.79 Å². The third-order valence-electron chi connectivity index (χ3n) is 6.53. The third kappa shape index (κ3) is 3.25. The molecule has 0 spiro atoms. The van der Waals surface area contributed by atoms with Crippen molar-refractivity contribution in [1.82, 2.24) is 9.47 Å². The number of likely N-dealkylation sites (tertiary alicyclic amines) is 1. The van der Waals surface area contributed by atoms with Crippen molar-refractivity contribution in [1.29, 1.82) is 0 Å². The van der Waals surface area contributed by atoms with Crippen molar-refractivity contribution in [3.63, 3.8) is 0 Å². The van der Waals surface area contributed by atoms with Crippen LogP contribution in [0.25, 0.3) is 11.0 Å². The molecule has 1 saturated heterocycles. The van der Waals surface area contributed by atoms with Gasteiger partial charge in [0.1, 0.15) is 11.3 Å². The van der Waals surface area contributed by atoms with Crippen LogP contribution in [0.5, 0.6) is 5.75 Å². The minimum atomic E-state index is -0.374. The lowest BCUT2D eigenvalue weighted by atomic mass is 9.83. The van der Waals surface area contributed by atoms with E-state index in [2.05, 4.69) is 17.9 Å². The molecule has 5 rings (SSSR count). The highest BCUT2D eigenvalue weighted by Gasteiger charge is 2.35. The second-order valence-electron chi connectivity index (χ2n) is 8.67. The van der Waals surface area contributed by atoms with Crippen molar-refractivity contribution in [3.05, 3.63) is 74.0 Å². The van der Waals surface area contributed by atoms with E-state index in [0.717, 1.165) is 55.5 Å². The molecule has 2 aliphatic rings. The van der Waals surface area contributed by atoms with Gasteiger partial charge in [0.15, 0.2) is 0 Å². The quantitative estimate of drug-likeness (QED) is 0.674. The number of aromatic nitrogens is 1. The maximum Gasteiger partial charge on any atom is 0.336 e. The Labute approximate surface area is 174 Å². The van der Waals surface area contributed by atoms with Crippen LogP contribution in [0.15, 0.2) is 50.4 Å². The summed E-state index contributed by atoms with van der Waals surface area (Å²) >= 11 is 0. The summed E-state index contributed by atoms with van der Waals surface area (Å²) in [7, 11) is 0. The highest BCUT2D eigenvalue weighted by atomic mass is 16.4. The number of aryl methyl sites for hydroxylation is 1. The van der Waals surface area contributed by atoms with E-state index < -0.39 is 0 Å². The van der Waals surface area contributed by atoms with Crippen molar-refractivity contribution in [3.8, 4) is 5.75 Å².